The molecule has 0 aromatic carbocycles. The number of nitrogens with zero attached hydrogens (tertiary/aromatic N) is 1. The van der Waals surface area contributed by atoms with Crippen molar-refractivity contribution in [2.24, 2.45) is 5.41 Å². The molecule has 6 heteroatoms. The number of epoxide rings is 1. The van der Waals surface area contributed by atoms with Crippen molar-refractivity contribution in [1.29, 1.82) is 0 Å². The van der Waals surface area contributed by atoms with E-state index >= 15 is 0 Å². The summed E-state index contributed by atoms with van der Waals surface area (Å²) in [6.07, 6.45) is 1.72. The molecule has 2 heterocycles. The van der Waals surface area contributed by atoms with Gasteiger partial charge in [0, 0.05) is 13.1 Å². The average Bonchev–Trinajstić information content (AvgIpc) is 3.20. The number of hydrogen-bond donors (Lipinski definition) is 0. The molecular formula is C15H25NO5. The molecular weight excluding hydrogens is 274 g/mol. The van der Waals surface area contributed by atoms with Gasteiger partial charge in [0.25, 0.3) is 0 Å². The van der Waals surface area contributed by atoms with Gasteiger partial charge in [-0.2, -0.15) is 0 Å². The number of rotatable bonds is 3. The van der Waals surface area contributed by atoms with Gasteiger partial charge >= 0.3 is 12.1 Å². The highest BCUT2D eigenvalue weighted by molar-refractivity contribution is 5.77. The van der Waals surface area contributed by atoms with Gasteiger partial charge in [0.15, 0.2) is 0 Å². The van der Waals surface area contributed by atoms with E-state index in [0.717, 1.165) is 0 Å². The number of carbonyl (C=O) groups excluding carboxylic acids is 2. The first-order chi connectivity index (χ1) is 9.76. The van der Waals surface area contributed by atoms with Crippen LogP contribution in [0.15, 0.2) is 0 Å². The zero-order valence-corrected chi connectivity index (χ0v) is 13.3. The van der Waals surface area contributed by atoms with Crippen LogP contribution >= 0.6 is 0 Å². The van der Waals surface area contributed by atoms with Gasteiger partial charge in [0.2, 0.25) is 0 Å². The van der Waals surface area contributed by atoms with Gasteiger partial charge in [-0.25, -0.2) is 4.79 Å². The van der Waals surface area contributed by atoms with Crippen molar-refractivity contribution < 1.29 is 23.8 Å². The molecule has 21 heavy (non-hydrogen) atoms. The largest absolute Gasteiger partial charge is 0.469 e. The molecule has 2 aliphatic heterocycles. The molecule has 0 bridgehead atoms. The fourth-order valence-corrected chi connectivity index (χ4v) is 2.77. The zero-order chi connectivity index (χ0) is 15.7. The first kappa shape index (κ1) is 16.1. The third kappa shape index (κ3) is 4.09. The summed E-state index contributed by atoms with van der Waals surface area (Å²) in [6, 6.07) is 0. The van der Waals surface area contributed by atoms with Crippen molar-refractivity contribution in [3.8, 4) is 0 Å². The van der Waals surface area contributed by atoms with Crippen LogP contribution in [-0.2, 0) is 19.0 Å². The molecule has 0 saturated carbocycles. The van der Waals surface area contributed by atoms with E-state index in [0.29, 0.717) is 39.0 Å². The Morgan fingerprint density at radius 1 is 1.29 bits per heavy atom. The Kier molecular flexibility index (Phi) is 4.46. The van der Waals surface area contributed by atoms with Crippen LogP contribution < -0.4 is 0 Å². The van der Waals surface area contributed by atoms with Crippen LogP contribution in [0.5, 0.6) is 0 Å². The predicted octanol–water partition coefficient (Wildman–Crippen LogP) is 1.97. The van der Waals surface area contributed by atoms with Crippen LogP contribution in [0.3, 0.4) is 0 Å². The molecule has 0 N–H and O–H groups in total. The Bertz CT molecular complexity index is 403. The third-order valence-electron chi connectivity index (χ3n) is 4.01. The number of likely N-dealkylation sites (tertiary alicyclic amines) is 1. The summed E-state index contributed by atoms with van der Waals surface area (Å²) in [5, 5.41) is 0. The first-order valence-corrected chi connectivity index (χ1v) is 7.44. The fraction of sp³-hybridized carbons (Fsp3) is 0.867. The van der Waals surface area contributed by atoms with Crippen molar-refractivity contribution in [1.82, 2.24) is 4.90 Å². The number of esters is 1. The topological polar surface area (TPSA) is 68.4 Å². The summed E-state index contributed by atoms with van der Waals surface area (Å²) in [5.41, 5.74) is -1.02. The molecule has 1 amide bonds. The Labute approximate surface area is 125 Å². The van der Waals surface area contributed by atoms with Crippen molar-refractivity contribution in [2.75, 3.05) is 26.8 Å². The Hall–Kier alpha value is -1.30. The third-order valence-corrected chi connectivity index (χ3v) is 4.01. The summed E-state index contributed by atoms with van der Waals surface area (Å²) in [6.45, 7) is 7.27. The van der Waals surface area contributed by atoms with Crippen LogP contribution in [0.1, 0.15) is 40.0 Å². The Morgan fingerprint density at radius 2 is 1.86 bits per heavy atom. The maximum Gasteiger partial charge on any atom is 0.410 e. The minimum Gasteiger partial charge on any atom is -0.469 e. The number of amides is 1. The monoisotopic (exact) mass is 299 g/mol. The Morgan fingerprint density at radius 3 is 2.29 bits per heavy atom. The van der Waals surface area contributed by atoms with E-state index < -0.39 is 11.0 Å². The highest BCUT2D eigenvalue weighted by Crippen LogP contribution is 2.40. The molecule has 0 spiro atoms. The Balaban J connectivity index is 1.95. The highest BCUT2D eigenvalue weighted by Gasteiger charge is 2.47. The van der Waals surface area contributed by atoms with Gasteiger partial charge in [-0.15, -0.1) is 0 Å². The molecule has 2 fully saturated rings. The van der Waals surface area contributed by atoms with Crippen molar-refractivity contribution in [3.05, 3.63) is 0 Å². The maximum atomic E-state index is 12.1. The van der Waals surface area contributed by atoms with Crippen molar-refractivity contribution >= 4 is 12.1 Å². The molecule has 120 valence electrons. The normalized spacial score (nSPS) is 24.4. The average molecular weight is 299 g/mol. The highest BCUT2D eigenvalue weighted by atomic mass is 16.6. The van der Waals surface area contributed by atoms with E-state index in [9.17, 15) is 9.59 Å². The molecule has 0 aromatic heterocycles. The molecule has 6 nitrogen and oxygen atoms in total. The molecule has 1 atom stereocenters. The molecule has 2 aliphatic rings. The van der Waals surface area contributed by atoms with Gasteiger partial charge in [-0.3, -0.25) is 4.79 Å². The van der Waals surface area contributed by atoms with E-state index in [-0.39, 0.29) is 18.2 Å². The molecule has 2 rings (SSSR count). The van der Waals surface area contributed by atoms with E-state index in [4.69, 9.17) is 14.2 Å². The second-order valence-corrected chi connectivity index (χ2v) is 6.90. The zero-order valence-electron chi connectivity index (χ0n) is 13.3. The number of hydrogen-bond acceptors (Lipinski definition) is 5. The SMILES string of the molecule is COC(=O)C1(CC2CO2)CCN(C(=O)OC(C)(C)C)CC1. The lowest BCUT2D eigenvalue weighted by Gasteiger charge is -2.39. The maximum absolute atomic E-state index is 12.1. The minimum atomic E-state index is -0.519. The predicted molar refractivity (Wildman–Crippen MR) is 75.8 cm³/mol. The number of ether oxygens (including phenoxy) is 3. The summed E-state index contributed by atoms with van der Waals surface area (Å²) in [4.78, 5) is 25.9. The quantitative estimate of drug-likeness (QED) is 0.588. The van der Waals surface area contributed by atoms with Crippen LogP contribution in [0.25, 0.3) is 0 Å². The molecule has 0 aromatic rings. The molecule has 2 saturated heterocycles. The molecule has 0 radical (unpaired) electrons. The van der Waals surface area contributed by atoms with E-state index in [1.165, 1.54) is 7.11 Å². The summed E-state index contributed by atoms with van der Waals surface area (Å²) in [5.74, 6) is -0.193. The summed E-state index contributed by atoms with van der Waals surface area (Å²) in [7, 11) is 1.41. The lowest BCUT2D eigenvalue weighted by atomic mass is 9.75. The number of methoxy groups -OCH3 is 1. The second kappa shape index (κ2) is 5.83. The lowest BCUT2D eigenvalue weighted by molar-refractivity contribution is -0.156. The van der Waals surface area contributed by atoms with E-state index in [1.807, 2.05) is 20.8 Å². The summed E-state index contributed by atoms with van der Waals surface area (Å²) < 4.78 is 15.6. The second-order valence-electron chi connectivity index (χ2n) is 6.90. The number of carbonyl (C=O) groups is 2. The van der Waals surface area contributed by atoms with E-state index in [1.54, 1.807) is 4.90 Å². The van der Waals surface area contributed by atoms with Gasteiger partial charge in [0.1, 0.15) is 5.60 Å². The smallest absolute Gasteiger partial charge is 0.410 e. The molecule has 0 aliphatic carbocycles. The van der Waals surface area contributed by atoms with Crippen LogP contribution in [0.2, 0.25) is 0 Å². The van der Waals surface area contributed by atoms with E-state index in [2.05, 4.69) is 0 Å². The van der Waals surface area contributed by atoms with Gasteiger partial charge in [0.05, 0.1) is 25.2 Å². The van der Waals surface area contributed by atoms with Gasteiger partial charge < -0.3 is 19.1 Å². The van der Waals surface area contributed by atoms with Gasteiger partial charge in [-0.1, -0.05) is 0 Å². The van der Waals surface area contributed by atoms with Gasteiger partial charge in [-0.05, 0) is 40.0 Å². The van der Waals surface area contributed by atoms with Crippen LogP contribution in [0.4, 0.5) is 4.79 Å². The molecule has 1 unspecified atom stereocenters. The van der Waals surface area contributed by atoms with Crippen molar-refractivity contribution in [3.63, 3.8) is 0 Å². The standard InChI is InChI=1S/C15H25NO5/c1-14(2,3)21-13(18)16-7-5-15(6-8-16,12(17)19-4)9-11-10-20-11/h11H,5-10H2,1-4H3. The first-order valence-electron chi connectivity index (χ1n) is 7.44. The number of piperidine rings is 1. The van der Waals surface area contributed by atoms with Crippen LogP contribution in [0, 0.1) is 5.41 Å². The van der Waals surface area contributed by atoms with Crippen molar-refractivity contribution in [2.45, 2.75) is 51.7 Å². The minimum absolute atomic E-state index is 0.164. The fourth-order valence-electron chi connectivity index (χ4n) is 2.77. The lowest BCUT2D eigenvalue weighted by Crippen LogP contribution is -2.48. The summed E-state index contributed by atoms with van der Waals surface area (Å²) >= 11 is 0. The van der Waals surface area contributed by atoms with Crippen LogP contribution in [-0.4, -0.2) is 55.5 Å².